The fraction of sp³-hybridized carbons (Fsp3) is 0.235. The van der Waals surface area contributed by atoms with Gasteiger partial charge in [0.25, 0.3) is 5.56 Å². The van der Waals surface area contributed by atoms with Crippen LogP contribution in [0.3, 0.4) is 0 Å². The minimum absolute atomic E-state index is 0.168. The second-order valence-corrected chi connectivity index (χ2v) is 13.2. The molecule has 0 saturated heterocycles. The number of esters is 2. The van der Waals surface area contributed by atoms with Crippen LogP contribution in [0.2, 0.25) is 0 Å². The van der Waals surface area contributed by atoms with Crippen LogP contribution < -0.4 is 24.4 Å². The molecule has 9 nitrogen and oxygen atoms in total. The molecule has 5 rings (SSSR count). The van der Waals surface area contributed by atoms with E-state index in [1.807, 2.05) is 73.7 Å². The van der Waals surface area contributed by atoms with E-state index in [9.17, 15) is 14.4 Å². The Balaban J connectivity index is 1.68. The molecule has 1 aromatic heterocycles. The Labute approximate surface area is 296 Å². The molecule has 0 saturated carbocycles. The Morgan fingerprint density at radius 3 is 2.22 bits per heavy atom. The number of nitrogens with zero attached hydrogens (tertiary/aromatic N) is 2. The lowest BCUT2D eigenvalue weighted by atomic mass is 9.93. The fourth-order valence-electron chi connectivity index (χ4n) is 4.95. The summed E-state index contributed by atoms with van der Waals surface area (Å²) in [6.45, 7) is 6.16. The van der Waals surface area contributed by atoms with Crippen LogP contribution in [0.4, 0.5) is 0 Å². The Hall–Kier alpha value is -3.50. The Morgan fingerprint density at radius 2 is 1.59 bits per heavy atom. The SMILES string of the molecule is CCOC(=O)COc1c(I)cc(/C=c2\sc3n(c2=O)[C@@H](c2ccc(OCC)cc2)C(C(=O)OCC)=C(c2ccccc2)N=3)cc1I. The van der Waals surface area contributed by atoms with Crippen LogP contribution in [0.1, 0.15) is 43.5 Å². The van der Waals surface area contributed by atoms with Crippen LogP contribution in [0.5, 0.6) is 11.5 Å². The van der Waals surface area contributed by atoms with Gasteiger partial charge in [-0.05, 0) is 107 Å². The van der Waals surface area contributed by atoms with E-state index in [-0.39, 0.29) is 31.0 Å². The zero-order chi connectivity index (χ0) is 32.8. The van der Waals surface area contributed by atoms with Crippen molar-refractivity contribution in [3.8, 4) is 11.5 Å². The Bertz CT molecular complexity index is 1950. The number of halogens is 2. The van der Waals surface area contributed by atoms with Gasteiger partial charge in [0.2, 0.25) is 0 Å². The van der Waals surface area contributed by atoms with E-state index in [1.165, 1.54) is 11.3 Å². The van der Waals surface area contributed by atoms with Crippen LogP contribution in [-0.2, 0) is 19.1 Å². The van der Waals surface area contributed by atoms with Crippen molar-refractivity contribution in [3.63, 3.8) is 0 Å². The van der Waals surface area contributed by atoms with Gasteiger partial charge in [0.05, 0.1) is 48.8 Å². The molecular weight excluding hydrogens is 834 g/mol. The van der Waals surface area contributed by atoms with Crippen molar-refractivity contribution in [2.75, 3.05) is 26.4 Å². The first-order valence-electron chi connectivity index (χ1n) is 14.5. The van der Waals surface area contributed by atoms with Crippen molar-refractivity contribution >= 4 is 80.2 Å². The molecule has 1 aliphatic heterocycles. The number of fused-ring (bicyclic) bond motifs is 1. The van der Waals surface area contributed by atoms with Gasteiger partial charge in [-0.25, -0.2) is 14.6 Å². The number of ether oxygens (including phenoxy) is 4. The van der Waals surface area contributed by atoms with Crippen LogP contribution in [0, 0.1) is 7.14 Å². The molecule has 1 aliphatic rings. The highest BCUT2D eigenvalue weighted by Crippen LogP contribution is 2.36. The van der Waals surface area contributed by atoms with Crippen molar-refractivity contribution in [1.82, 2.24) is 4.57 Å². The van der Waals surface area contributed by atoms with E-state index in [1.54, 1.807) is 24.5 Å². The van der Waals surface area contributed by atoms with Crippen molar-refractivity contribution in [3.05, 3.63) is 116 Å². The predicted octanol–water partition coefficient (Wildman–Crippen LogP) is 5.49. The van der Waals surface area contributed by atoms with Gasteiger partial charge >= 0.3 is 11.9 Å². The number of benzene rings is 3. The third kappa shape index (κ3) is 7.39. The predicted molar refractivity (Wildman–Crippen MR) is 193 cm³/mol. The highest BCUT2D eigenvalue weighted by molar-refractivity contribution is 14.1. The largest absolute Gasteiger partial charge is 0.494 e. The average molecular weight is 864 g/mol. The molecule has 0 bridgehead atoms. The van der Waals surface area contributed by atoms with Gasteiger partial charge in [-0.15, -0.1) is 0 Å². The Kier molecular flexibility index (Phi) is 11.3. The smallest absolute Gasteiger partial charge is 0.344 e. The maximum Gasteiger partial charge on any atom is 0.344 e. The third-order valence-electron chi connectivity index (χ3n) is 6.84. The highest BCUT2D eigenvalue weighted by Gasteiger charge is 2.35. The number of thiazole rings is 1. The molecule has 0 amide bonds. The van der Waals surface area contributed by atoms with Crippen molar-refractivity contribution in [2.45, 2.75) is 26.8 Å². The molecule has 46 heavy (non-hydrogen) atoms. The monoisotopic (exact) mass is 864 g/mol. The van der Waals surface area contributed by atoms with Crippen molar-refractivity contribution in [1.29, 1.82) is 0 Å². The molecule has 0 fully saturated rings. The molecule has 12 heteroatoms. The zero-order valence-corrected chi connectivity index (χ0v) is 30.4. The summed E-state index contributed by atoms with van der Waals surface area (Å²) < 4.78 is 25.5. The summed E-state index contributed by atoms with van der Waals surface area (Å²) in [7, 11) is 0. The molecule has 2 heterocycles. The van der Waals surface area contributed by atoms with Gasteiger partial charge in [-0.2, -0.15) is 0 Å². The van der Waals surface area contributed by atoms with Crippen LogP contribution in [-0.4, -0.2) is 42.9 Å². The molecule has 3 aromatic carbocycles. The fourth-order valence-corrected chi connectivity index (χ4v) is 8.08. The minimum Gasteiger partial charge on any atom is -0.494 e. The second-order valence-electron chi connectivity index (χ2n) is 9.84. The molecular formula is C34H30I2N2O7S. The van der Waals surface area contributed by atoms with Gasteiger partial charge in [0.15, 0.2) is 11.4 Å². The van der Waals surface area contributed by atoms with Gasteiger partial charge in [-0.1, -0.05) is 53.8 Å². The molecule has 0 N–H and O–H groups in total. The summed E-state index contributed by atoms with van der Waals surface area (Å²) in [6, 6.07) is 19.8. The lowest BCUT2D eigenvalue weighted by Gasteiger charge is -2.26. The number of carbonyl (C=O) groups is 2. The number of aromatic nitrogens is 1. The number of rotatable bonds is 11. The van der Waals surface area contributed by atoms with E-state index in [0.717, 1.165) is 23.8 Å². The van der Waals surface area contributed by atoms with Gasteiger partial charge in [0.1, 0.15) is 11.5 Å². The second kappa shape index (κ2) is 15.4. The van der Waals surface area contributed by atoms with Gasteiger partial charge in [-0.3, -0.25) is 9.36 Å². The topological polar surface area (TPSA) is 105 Å². The van der Waals surface area contributed by atoms with E-state index in [0.29, 0.717) is 33.1 Å². The first-order chi connectivity index (χ1) is 22.2. The molecule has 0 unspecified atom stereocenters. The summed E-state index contributed by atoms with van der Waals surface area (Å²) in [5.74, 6) is 0.261. The first kappa shape index (κ1) is 33.9. The first-order valence-corrected chi connectivity index (χ1v) is 17.5. The van der Waals surface area contributed by atoms with Crippen molar-refractivity contribution in [2.24, 2.45) is 4.99 Å². The van der Waals surface area contributed by atoms with Crippen molar-refractivity contribution < 1.29 is 28.5 Å². The van der Waals surface area contributed by atoms with Gasteiger partial charge < -0.3 is 18.9 Å². The third-order valence-corrected chi connectivity index (χ3v) is 9.42. The summed E-state index contributed by atoms with van der Waals surface area (Å²) in [5.41, 5.74) is 2.68. The standard InChI is InChI=1S/C34H30I2N2O7S/c1-4-42-23-14-12-22(13-15-23)30-28(33(41)44-6-3)29(21-10-8-7-9-11-21)37-34-38(30)32(40)26(46-34)18-20-16-24(35)31(25(36)17-20)45-19-27(39)43-5-2/h7-18,30H,4-6,19H2,1-3H3/b26-18-/t30-/m0/s1. The molecule has 238 valence electrons. The Morgan fingerprint density at radius 1 is 0.913 bits per heavy atom. The maximum absolute atomic E-state index is 14.2. The normalized spacial score (nSPS) is 14.4. The van der Waals surface area contributed by atoms with E-state index in [4.69, 9.17) is 23.9 Å². The molecule has 4 aromatic rings. The molecule has 0 spiro atoms. The zero-order valence-electron chi connectivity index (χ0n) is 25.3. The summed E-state index contributed by atoms with van der Waals surface area (Å²) >= 11 is 5.54. The minimum atomic E-state index is -0.790. The quantitative estimate of drug-likeness (QED) is 0.145. The van der Waals surface area contributed by atoms with Crippen LogP contribution >= 0.6 is 56.5 Å². The summed E-state index contributed by atoms with van der Waals surface area (Å²) in [6.07, 6.45) is 1.80. The van der Waals surface area contributed by atoms with E-state index >= 15 is 0 Å². The maximum atomic E-state index is 14.2. The van der Waals surface area contributed by atoms with Gasteiger partial charge in [0, 0.05) is 5.56 Å². The highest BCUT2D eigenvalue weighted by atomic mass is 127. The van der Waals surface area contributed by atoms with Crippen LogP contribution in [0.25, 0.3) is 11.8 Å². The average Bonchev–Trinajstić information content (AvgIpc) is 3.35. The lowest BCUT2D eigenvalue weighted by molar-refractivity contribution is -0.145. The lowest BCUT2D eigenvalue weighted by Crippen LogP contribution is -2.40. The summed E-state index contributed by atoms with van der Waals surface area (Å²) in [4.78, 5) is 45.1. The van der Waals surface area contributed by atoms with Crippen LogP contribution in [0.15, 0.2) is 82.1 Å². The van der Waals surface area contributed by atoms with E-state index in [2.05, 4.69) is 45.2 Å². The van der Waals surface area contributed by atoms with E-state index < -0.39 is 18.0 Å². The number of hydrogen-bond acceptors (Lipinski definition) is 9. The molecule has 1 atom stereocenters. The number of carbonyl (C=O) groups excluding carboxylic acids is 2. The summed E-state index contributed by atoms with van der Waals surface area (Å²) in [5, 5.41) is 0. The molecule has 0 radical (unpaired) electrons. The number of hydrogen-bond donors (Lipinski definition) is 0. The molecule has 0 aliphatic carbocycles.